The van der Waals surface area contributed by atoms with E-state index in [1.807, 2.05) is 18.2 Å². The molecule has 2 amide bonds. The quantitative estimate of drug-likeness (QED) is 0.641. The molecular formula is C21H31N3O3. The van der Waals surface area contributed by atoms with Gasteiger partial charge in [0, 0.05) is 19.6 Å². The average Bonchev–Trinajstić information content (AvgIpc) is 3.15. The normalized spacial score (nSPS) is 24.9. The van der Waals surface area contributed by atoms with Crippen LogP contribution in [0.3, 0.4) is 0 Å². The molecule has 0 radical (unpaired) electrons. The van der Waals surface area contributed by atoms with Crippen molar-refractivity contribution in [2.24, 2.45) is 5.73 Å². The molecule has 1 saturated carbocycles. The van der Waals surface area contributed by atoms with E-state index >= 15 is 0 Å². The van der Waals surface area contributed by atoms with Gasteiger partial charge in [0.1, 0.15) is 0 Å². The van der Waals surface area contributed by atoms with Gasteiger partial charge in [-0.05, 0) is 44.1 Å². The fourth-order valence-electron chi connectivity index (χ4n) is 4.37. The van der Waals surface area contributed by atoms with Crippen LogP contribution in [0, 0.1) is 0 Å². The number of nitrogens with zero attached hydrogens (tertiary/aromatic N) is 1. The molecule has 148 valence electrons. The Bertz CT molecular complexity index is 658. The zero-order valence-corrected chi connectivity index (χ0v) is 16.0. The smallest absolute Gasteiger partial charge is 0.255 e. The van der Waals surface area contributed by atoms with E-state index in [2.05, 4.69) is 17.4 Å². The minimum absolute atomic E-state index is 0.0873. The summed E-state index contributed by atoms with van der Waals surface area (Å²) in [5.41, 5.74) is 4.63. The summed E-state index contributed by atoms with van der Waals surface area (Å²) >= 11 is 0. The Morgan fingerprint density at radius 3 is 2.52 bits per heavy atom. The van der Waals surface area contributed by atoms with E-state index in [4.69, 9.17) is 5.73 Å². The number of likely N-dealkylation sites (tertiary alicyclic amines) is 1. The highest BCUT2D eigenvalue weighted by atomic mass is 16.3. The van der Waals surface area contributed by atoms with Crippen molar-refractivity contribution >= 4 is 11.8 Å². The molecule has 1 aliphatic carbocycles. The highest BCUT2D eigenvalue weighted by Crippen LogP contribution is 2.31. The standard InChI is InChI=1S/C21H31N3O3/c22-18(25)20(11-4-5-12-20)23-16-21(27)13-7-15-24(19(21)26)14-6-10-17-8-2-1-3-9-17/h1-3,8-9,23,27H,4-7,10-16H2,(H2,22,25). The molecule has 1 aliphatic heterocycles. The maximum absolute atomic E-state index is 12.9. The molecule has 2 fully saturated rings. The van der Waals surface area contributed by atoms with Crippen LogP contribution in [0.1, 0.15) is 50.5 Å². The Morgan fingerprint density at radius 2 is 1.85 bits per heavy atom. The number of rotatable bonds is 8. The van der Waals surface area contributed by atoms with Crippen LogP contribution in [-0.2, 0) is 16.0 Å². The van der Waals surface area contributed by atoms with E-state index in [0.29, 0.717) is 32.4 Å². The van der Waals surface area contributed by atoms with Crippen molar-refractivity contribution in [1.82, 2.24) is 10.2 Å². The van der Waals surface area contributed by atoms with E-state index < -0.39 is 11.1 Å². The fraction of sp³-hybridized carbons (Fsp3) is 0.619. The maximum atomic E-state index is 12.9. The molecule has 2 aliphatic rings. The van der Waals surface area contributed by atoms with Gasteiger partial charge >= 0.3 is 0 Å². The van der Waals surface area contributed by atoms with E-state index in [-0.39, 0.29) is 18.4 Å². The highest BCUT2D eigenvalue weighted by molar-refractivity contribution is 5.87. The monoisotopic (exact) mass is 373 g/mol. The Balaban J connectivity index is 1.55. The molecule has 0 spiro atoms. The Morgan fingerprint density at radius 1 is 1.15 bits per heavy atom. The third-order valence-electron chi connectivity index (χ3n) is 6.09. The van der Waals surface area contributed by atoms with Crippen molar-refractivity contribution in [3.05, 3.63) is 35.9 Å². The van der Waals surface area contributed by atoms with Crippen LogP contribution in [0.15, 0.2) is 30.3 Å². The summed E-state index contributed by atoms with van der Waals surface area (Å²) in [4.78, 5) is 26.6. The highest BCUT2D eigenvalue weighted by Gasteiger charge is 2.46. The number of carbonyl (C=O) groups excluding carboxylic acids is 2. The molecule has 3 rings (SSSR count). The molecule has 1 heterocycles. The molecule has 1 aromatic carbocycles. The van der Waals surface area contributed by atoms with Gasteiger partial charge in [-0.25, -0.2) is 0 Å². The minimum atomic E-state index is -1.45. The van der Waals surface area contributed by atoms with Crippen molar-refractivity contribution in [2.75, 3.05) is 19.6 Å². The van der Waals surface area contributed by atoms with Gasteiger partial charge < -0.3 is 15.7 Å². The molecular weight excluding hydrogens is 342 g/mol. The summed E-state index contributed by atoms with van der Waals surface area (Å²) in [5, 5.41) is 14.1. The van der Waals surface area contributed by atoms with Gasteiger partial charge in [0.25, 0.3) is 5.91 Å². The van der Waals surface area contributed by atoms with Crippen molar-refractivity contribution in [2.45, 2.75) is 62.5 Å². The minimum Gasteiger partial charge on any atom is -0.379 e. The largest absolute Gasteiger partial charge is 0.379 e. The first-order valence-electron chi connectivity index (χ1n) is 10.1. The number of hydrogen-bond acceptors (Lipinski definition) is 4. The van der Waals surface area contributed by atoms with Crippen molar-refractivity contribution in [1.29, 1.82) is 0 Å². The molecule has 4 N–H and O–H groups in total. The van der Waals surface area contributed by atoms with Gasteiger partial charge in [0.05, 0.1) is 5.54 Å². The zero-order chi connectivity index (χ0) is 19.3. The first-order valence-corrected chi connectivity index (χ1v) is 10.1. The summed E-state index contributed by atoms with van der Waals surface area (Å²) in [7, 11) is 0. The fourth-order valence-corrected chi connectivity index (χ4v) is 4.37. The second-order valence-electron chi connectivity index (χ2n) is 8.02. The van der Waals surface area contributed by atoms with Gasteiger partial charge in [-0.3, -0.25) is 14.9 Å². The van der Waals surface area contributed by atoms with Gasteiger partial charge in [-0.15, -0.1) is 0 Å². The number of nitrogens with two attached hydrogens (primary N) is 1. The summed E-state index contributed by atoms with van der Waals surface area (Å²) in [5.74, 6) is -0.612. The first-order chi connectivity index (χ1) is 13.0. The first kappa shape index (κ1) is 19.8. The van der Waals surface area contributed by atoms with Crippen molar-refractivity contribution < 1.29 is 14.7 Å². The Kier molecular flexibility index (Phi) is 6.17. The number of hydrogen-bond donors (Lipinski definition) is 3. The summed E-state index contributed by atoms with van der Waals surface area (Å²) < 4.78 is 0. The van der Waals surface area contributed by atoms with Gasteiger partial charge in [0.15, 0.2) is 5.60 Å². The number of aliphatic hydroxyl groups is 1. The second-order valence-corrected chi connectivity index (χ2v) is 8.02. The van der Waals surface area contributed by atoms with E-state index in [1.54, 1.807) is 4.90 Å². The third kappa shape index (κ3) is 4.50. The number of nitrogens with one attached hydrogen (secondary N) is 1. The molecule has 1 saturated heterocycles. The van der Waals surface area contributed by atoms with Crippen LogP contribution in [-0.4, -0.2) is 52.6 Å². The maximum Gasteiger partial charge on any atom is 0.255 e. The molecule has 6 heteroatoms. The molecule has 1 unspecified atom stereocenters. The lowest BCUT2D eigenvalue weighted by Gasteiger charge is -2.40. The lowest BCUT2D eigenvalue weighted by atomic mass is 9.89. The predicted molar refractivity (Wildman–Crippen MR) is 104 cm³/mol. The lowest BCUT2D eigenvalue weighted by Crippen LogP contribution is -2.63. The Hall–Kier alpha value is -1.92. The topological polar surface area (TPSA) is 95.7 Å². The zero-order valence-electron chi connectivity index (χ0n) is 16.0. The summed E-state index contributed by atoms with van der Waals surface area (Å²) in [6, 6.07) is 10.2. The number of piperidine rings is 1. The second kappa shape index (κ2) is 8.40. The van der Waals surface area contributed by atoms with Gasteiger partial charge in [-0.1, -0.05) is 43.2 Å². The molecule has 6 nitrogen and oxygen atoms in total. The number of amides is 2. The molecule has 0 aromatic heterocycles. The number of β-amino-alcohol motifs (C(OH)–C–C–N with tert-alkyl or cyclic N) is 1. The van der Waals surface area contributed by atoms with E-state index in [9.17, 15) is 14.7 Å². The van der Waals surface area contributed by atoms with Crippen LogP contribution in [0.2, 0.25) is 0 Å². The van der Waals surface area contributed by atoms with Gasteiger partial charge in [-0.2, -0.15) is 0 Å². The number of carbonyl (C=O) groups is 2. The third-order valence-corrected chi connectivity index (χ3v) is 6.09. The number of benzene rings is 1. The molecule has 0 bridgehead atoms. The van der Waals surface area contributed by atoms with Crippen LogP contribution in [0.5, 0.6) is 0 Å². The van der Waals surface area contributed by atoms with E-state index in [0.717, 1.165) is 32.1 Å². The number of aryl methyl sites for hydroxylation is 1. The molecule has 1 atom stereocenters. The lowest BCUT2D eigenvalue weighted by molar-refractivity contribution is -0.157. The summed E-state index contributed by atoms with van der Waals surface area (Å²) in [6.07, 6.45) is 6.18. The van der Waals surface area contributed by atoms with E-state index in [1.165, 1.54) is 5.56 Å². The molecule has 1 aromatic rings. The summed E-state index contributed by atoms with van der Waals surface area (Å²) in [6.45, 7) is 1.40. The van der Waals surface area contributed by atoms with Crippen LogP contribution >= 0.6 is 0 Å². The van der Waals surface area contributed by atoms with Crippen molar-refractivity contribution in [3.63, 3.8) is 0 Å². The Labute approximate surface area is 161 Å². The van der Waals surface area contributed by atoms with Crippen LogP contribution < -0.4 is 11.1 Å². The average molecular weight is 373 g/mol. The van der Waals surface area contributed by atoms with Crippen molar-refractivity contribution in [3.8, 4) is 0 Å². The SMILES string of the molecule is NC(=O)C1(NCC2(O)CCCN(CCCc3ccccc3)C2=O)CCCC1. The molecule has 27 heavy (non-hydrogen) atoms. The van der Waals surface area contributed by atoms with Crippen LogP contribution in [0.25, 0.3) is 0 Å². The predicted octanol–water partition coefficient (Wildman–Crippen LogP) is 1.36. The van der Waals surface area contributed by atoms with Crippen LogP contribution in [0.4, 0.5) is 0 Å². The number of primary amides is 1. The van der Waals surface area contributed by atoms with Gasteiger partial charge in [0.2, 0.25) is 5.91 Å².